The topological polar surface area (TPSA) is 115 Å². The van der Waals surface area contributed by atoms with Crippen LogP contribution in [0.3, 0.4) is 0 Å². The van der Waals surface area contributed by atoms with Gasteiger partial charge in [-0.3, -0.25) is 19.8 Å². The molecule has 0 aliphatic carbocycles. The average molecular weight is 443 g/mol. The maximum absolute atomic E-state index is 13.1. The highest BCUT2D eigenvalue weighted by atomic mass is 16.5. The van der Waals surface area contributed by atoms with Gasteiger partial charge in [0.25, 0.3) is 0 Å². The number of benzene rings is 1. The van der Waals surface area contributed by atoms with Crippen LogP contribution in [-0.2, 0) is 30.2 Å². The molecule has 0 saturated carbocycles. The molecular formula is C23H32BN2O6. The van der Waals surface area contributed by atoms with E-state index in [1.54, 1.807) is 0 Å². The smallest absolute Gasteiger partial charge is 0.384 e. The predicted octanol–water partition coefficient (Wildman–Crippen LogP) is 2.71. The lowest BCUT2D eigenvalue weighted by atomic mass is 9.75. The molecule has 9 heteroatoms. The van der Waals surface area contributed by atoms with Gasteiger partial charge < -0.3 is 19.4 Å². The maximum atomic E-state index is 13.1. The lowest BCUT2D eigenvalue weighted by Crippen LogP contribution is -2.45. The number of amides is 1. The molecule has 0 aromatic heterocycles. The Kier molecular flexibility index (Phi) is 10.2. The van der Waals surface area contributed by atoms with Crippen LogP contribution in [0, 0.1) is 17.2 Å². The van der Waals surface area contributed by atoms with Gasteiger partial charge in [-0.2, -0.15) is 0 Å². The molecule has 0 spiro atoms. The van der Waals surface area contributed by atoms with Gasteiger partial charge in [0, 0.05) is 6.42 Å². The van der Waals surface area contributed by atoms with Crippen molar-refractivity contribution in [2.45, 2.75) is 57.8 Å². The fraction of sp³-hybridized carbons (Fsp3) is 0.565. The van der Waals surface area contributed by atoms with Crippen LogP contribution in [0.1, 0.15) is 45.1 Å². The van der Waals surface area contributed by atoms with Crippen molar-refractivity contribution < 1.29 is 28.5 Å². The van der Waals surface area contributed by atoms with Crippen molar-refractivity contribution in [1.29, 1.82) is 5.41 Å². The normalized spacial score (nSPS) is 22.6. The quantitative estimate of drug-likeness (QED) is 0.302. The van der Waals surface area contributed by atoms with Crippen LogP contribution in [0.4, 0.5) is 0 Å². The molecule has 0 fully saturated rings. The van der Waals surface area contributed by atoms with Gasteiger partial charge in [-0.1, -0.05) is 26.0 Å². The van der Waals surface area contributed by atoms with E-state index in [0.29, 0.717) is 38.0 Å². The fourth-order valence-corrected chi connectivity index (χ4v) is 3.71. The van der Waals surface area contributed by atoms with Gasteiger partial charge in [0.15, 0.2) is 5.78 Å². The minimum atomic E-state index is -0.725. The second-order valence-corrected chi connectivity index (χ2v) is 8.42. The number of ether oxygens (including phenoxy) is 2. The molecular weight excluding hydrogens is 411 g/mol. The highest BCUT2D eigenvalue weighted by Gasteiger charge is 2.31. The number of nitrogens with one attached hydrogen (secondary N) is 2. The number of carbonyl (C=O) groups excluding carboxylic acids is 3. The molecule has 3 atom stereocenters. The molecule has 32 heavy (non-hydrogen) atoms. The second-order valence-electron chi connectivity index (χ2n) is 8.42. The first-order valence-electron chi connectivity index (χ1n) is 10.9. The van der Waals surface area contributed by atoms with Crippen LogP contribution < -0.4 is 10.1 Å². The van der Waals surface area contributed by atoms with Crippen molar-refractivity contribution in [2.24, 2.45) is 11.8 Å². The van der Waals surface area contributed by atoms with Crippen LogP contribution in [0.2, 0.25) is 5.82 Å². The number of rotatable bonds is 6. The van der Waals surface area contributed by atoms with Gasteiger partial charge >= 0.3 is 13.5 Å². The van der Waals surface area contributed by atoms with Crippen molar-refractivity contribution in [1.82, 2.24) is 5.32 Å². The summed E-state index contributed by atoms with van der Waals surface area (Å²) in [4.78, 5) is 38.4. The van der Waals surface area contributed by atoms with Crippen LogP contribution in [0.5, 0.6) is 5.75 Å². The predicted molar refractivity (Wildman–Crippen MR) is 121 cm³/mol. The van der Waals surface area contributed by atoms with Gasteiger partial charge in [0.1, 0.15) is 12.2 Å². The minimum Gasteiger partial charge on any atom is -0.555 e. The highest BCUT2D eigenvalue weighted by Crippen LogP contribution is 2.22. The number of carbonyl (C=O) groups is 3. The summed E-state index contributed by atoms with van der Waals surface area (Å²) in [6.07, 6.45) is 2.57. The van der Waals surface area contributed by atoms with Crippen molar-refractivity contribution in [2.75, 3.05) is 13.7 Å². The third-order valence-electron chi connectivity index (χ3n) is 5.39. The fourth-order valence-electron chi connectivity index (χ4n) is 3.71. The first-order chi connectivity index (χ1) is 15.3. The molecule has 2 bridgehead atoms. The van der Waals surface area contributed by atoms with E-state index in [2.05, 4.69) is 5.32 Å². The summed E-state index contributed by atoms with van der Waals surface area (Å²) >= 11 is 0. The van der Waals surface area contributed by atoms with E-state index in [-0.39, 0.29) is 24.0 Å². The maximum Gasteiger partial charge on any atom is 0.384 e. The Morgan fingerprint density at radius 1 is 1.28 bits per heavy atom. The van der Waals surface area contributed by atoms with Crippen molar-refractivity contribution in [3.63, 3.8) is 0 Å². The number of fused-ring (bicyclic) bond motifs is 13. The molecule has 2 aliphatic heterocycles. The Morgan fingerprint density at radius 2 is 2.00 bits per heavy atom. The van der Waals surface area contributed by atoms with Gasteiger partial charge in [0.05, 0.1) is 31.5 Å². The summed E-state index contributed by atoms with van der Waals surface area (Å²) < 4.78 is 15.6. The summed E-state index contributed by atoms with van der Waals surface area (Å²) in [5, 5.41) is 9.97. The summed E-state index contributed by atoms with van der Waals surface area (Å²) in [5.41, 5.74) is 0.895. The highest BCUT2D eigenvalue weighted by molar-refractivity contribution is 6.39. The Morgan fingerprint density at radius 3 is 2.62 bits per heavy atom. The first kappa shape index (κ1) is 25.4. The lowest BCUT2D eigenvalue weighted by Gasteiger charge is -2.24. The number of ketones is 1. The molecule has 1 aromatic carbocycles. The van der Waals surface area contributed by atoms with E-state index in [0.717, 1.165) is 12.0 Å². The first-order valence-corrected chi connectivity index (χ1v) is 10.9. The van der Waals surface area contributed by atoms with Gasteiger partial charge in [0.2, 0.25) is 5.91 Å². The van der Waals surface area contributed by atoms with Crippen molar-refractivity contribution >= 4 is 31.5 Å². The van der Waals surface area contributed by atoms with Gasteiger partial charge in [-0.25, -0.2) is 0 Å². The summed E-state index contributed by atoms with van der Waals surface area (Å²) in [5.74, 6) is -1.46. The minimum absolute atomic E-state index is 0.0104. The SMILES string of the molecule is COC(=O)[C@@H]1CCCOc2ccc(cc2)C[C@H]([B]OC=N)C(=O)N[C@@H](CC(C)C)C(=O)C1. The summed E-state index contributed by atoms with van der Waals surface area (Å²) in [7, 11) is 2.60. The zero-order chi connectivity index (χ0) is 23.5. The molecule has 8 nitrogen and oxygen atoms in total. The molecule has 2 heterocycles. The third-order valence-corrected chi connectivity index (χ3v) is 5.39. The summed E-state index contributed by atoms with van der Waals surface area (Å²) in [6.45, 7) is 4.35. The van der Waals surface area contributed by atoms with Crippen LogP contribution in [-0.4, -0.2) is 51.3 Å². The molecule has 0 saturated heterocycles. The van der Waals surface area contributed by atoms with E-state index in [1.807, 2.05) is 38.1 Å². The monoisotopic (exact) mass is 443 g/mol. The molecule has 0 unspecified atom stereocenters. The molecule has 2 N–H and O–H groups in total. The average Bonchev–Trinajstić information content (AvgIpc) is 2.77. The Bertz CT molecular complexity index is 783. The van der Waals surface area contributed by atoms with Crippen LogP contribution >= 0.6 is 0 Å². The number of hydrogen-bond acceptors (Lipinski definition) is 7. The molecule has 1 radical (unpaired) electrons. The van der Waals surface area contributed by atoms with E-state index >= 15 is 0 Å². The number of esters is 1. The second kappa shape index (κ2) is 12.9. The Balaban J connectivity index is 2.32. The van der Waals surface area contributed by atoms with Gasteiger partial charge in [-0.05, 0) is 49.3 Å². The van der Waals surface area contributed by atoms with Crippen LogP contribution in [0.15, 0.2) is 24.3 Å². The molecule has 173 valence electrons. The molecule has 1 amide bonds. The Hall–Kier alpha value is -2.84. The van der Waals surface area contributed by atoms with Crippen molar-refractivity contribution in [3.8, 4) is 5.75 Å². The zero-order valence-electron chi connectivity index (χ0n) is 19.0. The largest absolute Gasteiger partial charge is 0.555 e. The van der Waals surface area contributed by atoms with Crippen molar-refractivity contribution in [3.05, 3.63) is 29.8 Å². The molecule has 3 rings (SSSR count). The van der Waals surface area contributed by atoms with E-state index in [9.17, 15) is 14.4 Å². The number of methoxy groups -OCH3 is 1. The zero-order valence-corrected chi connectivity index (χ0v) is 19.0. The summed E-state index contributed by atoms with van der Waals surface area (Å²) in [6, 6.07) is 6.67. The lowest BCUT2D eigenvalue weighted by molar-refractivity contribution is -0.147. The van der Waals surface area contributed by atoms with E-state index in [1.165, 1.54) is 14.6 Å². The number of hydrogen-bond donors (Lipinski definition) is 2. The third kappa shape index (κ3) is 8.02. The van der Waals surface area contributed by atoms with Crippen LogP contribution in [0.25, 0.3) is 0 Å². The van der Waals surface area contributed by atoms with E-state index in [4.69, 9.17) is 19.5 Å². The Labute approximate surface area is 190 Å². The standard InChI is InChI=1S/C23H32BN2O6/c1-15(2)11-20-21(27)13-17(23(29)30-3)5-4-10-31-18-8-6-16(7-9-18)12-19(22(28)26-20)24-32-14-25/h6-9,14-15,17,19-20,25H,4-5,10-13H2,1-3H3,(H,26,28)/t17-,19+,20+/m1/s1. The van der Waals surface area contributed by atoms with E-state index < -0.39 is 23.7 Å². The van der Waals surface area contributed by atoms with Gasteiger partial charge in [-0.15, -0.1) is 0 Å². The number of Topliss-reactive ketones (excluding diaryl/α,β-unsaturated/α-hetero) is 1. The molecule has 1 aromatic rings. The molecule has 2 aliphatic rings.